The van der Waals surface area contributed by atoms with Gasteiger partial charge in [-0.25, -0.2) is 0 Å². The van der Waals surface area contributed by atoms with Gasteiger partial charge in [0.25, 0.3) is 0 Å². The molecule has 1 aromatic rings. The summed E-state index contributed by atoms with van der Waals surface area (Å²) in [7, 11) is 3.93. The fourth-order valence-electron chi connectivity index (χ4n) is 4.24. The summed E-state index contributed by atoms with van der Waals surface area (Å²) < 4.78 is 11.9. The van der Waals surface area contributed by atoms with Crippen LogP contribution in [0.2, 0.25) is 0 Å². The molecule has 112 valence electrons. The van der Waals surface area contributed by atoms with Gasteiger partial charge in [0, 0.05) is 18.2 Å². The lowest BCUT2D eigenvalue weighted by Gasteiger charge is -2.36. The molecule has 3 heteroatoms. The van der Waals surface area contributed by atoms with E-state index in [2.05, 4.69) is 43.2 Å². The molecule has 0 saturated carbocycles. The van der Waals surface area contributed by atoms with Crippen LogP contribution in [0.5, 0.6) is 11.5 Å². The van der Waals surface area contributed by atoms with Gasteiger partial charge in [-0.1, -0.05) is 19.1 Å². The Morgan fingerprint density at radius 3 is 3.05 bits per heavy atom. The van der Waals surface area contributed by atoms with Crippen molar-refractivity contribution in [3.8, 4) is 11.5 Å². The predicted octanol–water partition coefficient (Wildman–Crippen LogP) is 3.13. The number of nitrogens with zero attached hydrogens (tertiary/aromatic N) is 1. The van der Waals surface area contributed by atoms with Crippen molar-refractivity contribution >= 4 is 0 Å². The van der Waals surface area contributed by atoms with Gasteiger partial charge in [0.15, 0.2) is 0 Å². The average molecular weight is 285 g/mol. The maximum Gasteiger partial charge on any atom is 0.128 e. The van der Waals surface area contributed by atoms with Gasteiger partial charge < -0.3 is 14.4 Å². The van der Waals surface area contributed by atoms with E-state index in [1.807, 2.05) is 0 Å². The molecule has 21 heavy (non-hydrogen) atoms. The fourth-order valence-corrected chi connectivity index (χ4v) is 4.24. The molecule has 0 amide bonds. The third-order valence-corrected chi connectivity index (χ3v) is 5.36. The van der Waals surface area contributed by atoms with E-state index in [0.29, 0.717) is 5.92 Å². The maximum atomic E-state index is 6.38. The van der Waals surface area contributed by atoms with Crippen LogP contribution in [0.4, 0.5) is 0 Å². The smallest absolute Gasteiger partial charge is 0.128 e. The first kappa shape index (κ1) is 13.2. The van der Waals surface area contributed by atoms with E-state index < -0.39 is 0 Å². The molecule has 3 unspecified atom stereocenters. The van der Waals surface area contributed by atoms with Crippen LogP contribution in [0.25, 0.3) is 0 Å². The van der Waals surface area contributed by atoms with E-state index in [9.17, 15) is 0 Å². The Balaban J connectivity index is 1.93. The lowest BCUT2D eigenvalue weighted by molar-refractivity contribution is 0.129. The highest BCUT2D eigenvalue weighted by atomic mass is 16.5. The van der Waals surface area contributed by atoms with Crippen molar-refractivity contribution in [2.75, 3.05) is 20.7 Å². The molecule has 0 aromatic heterocycles. The normalized spacial score (nSPS) is 33.9. The van der Waals surface area contributed by atoms with Crippen molar-refractivity contribution in [3.63, 3.8) is 0 Å². The highest BCUT2D eigenvalue weighted by Crippen LogP contribution is 2.54. The van der Waals surface area contributed by atoms with Crippen LogP contribution in [0.15, 0.2) is 24.3 Å². The van der Waals surface area contributed by atoms with Gasteiger partial charge in [0.2, 0.25) is 0 Å². The van der Waals surface area contributed by atoms with Gasteiger partial charge in [-0.15, -0.1) is 0 Å². The SMILES string of the molecule is COc1cc2c3c(c1)OC1CC(C)C=CC31CCN(C)C2. The minimum absolute atomic E-state index is 0.0776. The molecular weight excluding hydrogens is 262 g/mol. The largest absolute Gasteiger partial charge is 0.497 e. The van der Waals surface area contributed by atoms with Crippen molar-refractivity contribution in [1.82, 2.24) is 4.90 Å². The standard InChI is InChI=1S/C18H23NO2/c1-12-4-5-18-6-7-19(2)11-13-9-14(20-3)10-15(17(13)18)21-16(18)8-12/h4-5,9-10,12,16H,6-8,11H2,1-3H3. The van der Waals surface area contributed by atoms with Crippen molar-refractivity contribution in [2.45, 2.75) is 37.8 Å². The molecule has 1 aliphatic carbocycles. The van der Waals surface area contributed by atoms with Crippen LogP contribution < -0.4 is 9.47 Å². The van der Waals surface area contributed by atoms with Crippen molar-refractivity contribution in [2.24, 2.45) is 5.92 Å². The van der Waals surface area contributed by atoms with Crippen molar-refractivity contribution < 1.29 is 9.47 Å². The third-order valence-electron chi connectivity index (χ3n) is 5.36. The maximum absolute atomic E-state index is 6.38. The predicted molar refractivity (Wildman–Crippen MR) is 83.0 cm³/mol. The molecule has 2 aliphatic heterocycles. The van der Waals surface area contributed by atoms with E-state index in [1.54, 1.807) is 7.11 Å². The average Bonchev–Trinajstić information content (AvgIpc) is 2.70. The fraction of sp³-hybridized carbons (Fsp3) is 0.556. The van der Waals surface area contributed by atoms with Gasteiger partial charge in [-0.2, -0.15) is 0 Å². The third kappa shape index (κ3) is 1.83. The number of methoxy groups -OCH3 is 1. The highest BCUT2D eigenvalue weighted by Gasteiger charge is 2.51. The Kier molecular flexibility index (Phi) is 2.83. The van der Waals surface area contributed by atoms with Crippen molar-refractivity contribution in [1.29, 1.82) is 0 Å². The second-order valence-corrected chi connectivity index (χ2v) is 6.87. The number of benzene rings is 1. The Hall–Kier alpha value is -1.48. The monoisotopic (exact) mass is 285 g/mol. The molecule has 1 spiro atoms. The first-order valence-electron chi connectivity index (χ1n) is 7.88. The zero-order valence-electron chi connectivity index (χ0n) is 13.1. The van der Waals surface area contributed by atoms with Gasteiger partial charge in [0.1, 0.15) is 17.6 Å². The van der Waals surface area contributed by atoms with Crippen LogP contribution in [0.1, 0.15) is 30.9 Å². The van der Waals surface area contributed by atoms with Gasteiger partial charge >= 0.3 is 0 Å². The molecule has 1 aromatic carbocycles. The molecule has 0 N–H and O–H groups in total. The summed E-state index contributed by atoms with van der Waals surface area (Å²) >= 11 is 0. The second kappa shape index (κ2) is 4.51. The zero-order chi connectivity index (χ0) is 14.6. The summed E-state index contributed by atoms with van der Waals surface area (Å²) in [4.78, 5) is 2.41. The quantitative estimate of drug-likeness (QED) is 0.740. The van der Waals surface area contributed by atoms with Crippen LogP contribution in [-0.4, -0.2) is 31.7 Å². The van der Waals surface area contributed by atoms with Gasteiger partial charge in [-0.3, -0.25) is 0 Å². The number of hydrogen-bond donors (Lipinski definition) is 0. The summed E-state index contributed by atoms with van der Waals surface area (Å²) in [5.74, 6) is 2.55. The Morgan fingerprint density at radius 1 is 1.38 bits per heavy atom. The lowest BCUT2D eigenvalue weighted by Crippen LogP contribution is -2.41. The molecular formula is C18H23NO2. The molecule has 4 rings (SSSR count). The molecule has 0 saturated heterocycles. The number of allylic oxidation sites excluding steroid dienone is 1. The first-order chi connectivity index (χ1) is 10.1. The number of hydrogen-bond acceptors (Lipinski definition) is 3. The molecule has 0 bridgehead atoms. The van der Waals surface area contributed by atoms with E-state index in [0.717, 1.165) is 37.4 Å². The first-order valence-corrected chi connectivity index (χ1v) is 7.88. The summed E-state index contributed by atoms with van der Waals surface area (Å²) in [6, 6.07) is 4.27. The molecule has 3 aliphatic rings. The lowest BCUT2D eigenvalue weighted by atomic mass is 9.68. The van der Waals surface area contributed by atoms with Crippen molar-refractivity contribution in [3.05, 3.63) is 35.4 Å². The highest BCUT2D eigenvalue weighted by molar-refractivity contribution is 5.57. The number of rotatable bonds is 1. The van der Waals surface area contributed by atoms with E-state index in [4.69, 9.17) is 9.47 Å². The Labute approximate surface area is 126 Å². The summed E-state index contributed by atoms with van der Waals surface area (Å²) in [6.45, 7) is 4.36. The van der Waals surface area contributed by atoms with Gasteiger partial charge in [0.05, 0.1) is 12.5 Å². The number of ether oxygens (including phenoxy) is 2. The second-order valence-electron chi connectivity index (χ2n) is 6.87. The summed E-state index contributed by atoms with van der Waals surface area (Å²) in [6.07, 6.45) is 7.35. The van der Waals surface area contributed by atoms with E-state index in [1.165, 1.54) is 11.1 Å². The molecule has 0 radical (unpaired) electrons. The topological polar surface area (TPSA) is 21.7 Å². The van der Waals surface area contributed by atoms with Crippen LogP contribution in [0.3, 0.4) is 0 Å². The summed E-state index contributed by atoms with van der Waals surface area (Å²) in [5, 5.41) is 0. The van der Waals surface area contributed by atoms with E-state index >= 15 is 0 Å². The molecule has 0 fully saturated rings. The van der Waals surface area contributed by atoms with Crippen LogP contribution >= 0.6 is 0 Å². The molecule has 2 heterocycles. The molecule has 3 atom stereocenters. The Bertz CT molecular complexity index is 609. The summed E-state index contributed by atoms with van der Waals surface area (Å²) in [5.41, 5.74) is 2.86. The van der Waals surface area contributed by atoms with E-state index in [-0.39, 0.29) is 11.5 Å². The molecule has 3 nitrogen and oxygen atoms in total. The minimum atomic E-state index is 0.0776. The van der Waals surface area contributed by atoms with Crippen LogP contribution in [0, 0.1) is 5.92 Å². The Morgan fingerprint density at radius 2 is 2.24 bits per heavy atom. The van der Waals surface area contributed by atoms with Crippen LogP contribution in [-0.2, 0) is 12.0 Å². The zero-order valence-corrected chi connectivity index (χ0v) is 13.1. The minimum Gasteiger partial charge on any atom is -0.497 e. The van der Waals surface area contributed by atoms with Gasteiger partial charge in [-0.05, 0) is 44.0 Å².